The standard InChI is InChI=1S/C19H20N2O2/c1-13-10-14(2)16-12-18(21-17(16)11-13)19(22)20-8-9-23-15-6-4-3-5-7-15/h3-7,10-12,21H,8-9H2,1-2H3,(H,20,22). The molecule has 2 aromatic carbocycles. The fourth-order valence-corrected chi connectivity index (χ4v) is 2.67. The van der Waals surface area contributed by atoms with Crippen LogP contribution in [0.1, 0.15) is 21.6 Å². The zero-order valence-corrected chi connectivity index (χ0v) is 13.3. The van der Waals surface area contributed by atoms with Crippen molar-refractivity contribution in [1.29, 1.82) is 0 Å². The summed E-state index contributed by atoms with van der Waals surface area (Å²) < 4.78 is 5.56. The predicted octanol–water partition coefficient (Wildman–Crippen LogP) is 3.59. The van der Waals surface area contributed by atoms with Crippen molar-refractivity contribution < 1.29 is 9.53 Å². The molecule has 1 amide bonds. The summed E-state index contributed by atoms with van der Waals surface area (Å²) >= 11 is 0. The molecule has 23 heavy (non-hydrogen) atoms. The van der Waals surface area contributed by atoms with E-state index in [1.54, 1.807) is 0 Å². The van der Waals surface area contributed by atoms with E-state index in [2.05, 4.69) is 29.4 Å². The Hall–Kier alpha value is -2.75. The molecule has 4 heteroatoms. The summed E-state index contributed by atoms with van der Waals surface area (Å²) in [6, 6.07) is 15.6. The molecule has 118 valence electrons. The molecular formula is C19H20N2O2. The highest BCUT2D eigenvalue weighted by molar-refractivity contribution is 5.98. The molecule has 1 heterocycles. The number of amides is 1. The highest BCUT2D eigenvalue weighted by Crippen LogP contribution is 2.21. The lowest BCUT2D eigenvalue weighted by Crippen LogP contribution is -2.28. The Morgan fingerprint density at radius 3 is 2.70 bits per heavy atom. The Kier molecular flexibility index (Phi) is 4.33. The fraction of sp³-hybridized carbons (Fsp3) is 0.211. The molecule has 0 unspecified atom stereocenters. The SMILES string of the molecule is Cc1cc(C)c2cc(C(=O)NCCOc3ccccc3)[nH]c2c1. The van der Waals surface area contributed by atoms with E-state index in [-0.39, 0.29) is 5.91 Å². The van der Waals surface area contributed by atoms with E-state index in [0.717, 1.165) is 16.7 Å². The highest BCUT2D eigenvalue weighted by atomic mass is 16.5. The molecule has 0 aliphatic carbocycles. The van der Waals surface area contributed by atoms with Gasteiger partial charge in [0.25, 0.3) is 5.91 Å². The summed E-state index contributed by atoms with van der Waals surface area (Å²) in [5, 5.41) is 3.95. The molecule has 0 saturated carbocycles. The van der Waals surface area contributed by atoms with Crippen molar-refractivity contribution >= 4 is 16.8 Å². The molecule has 0 bridgehead atoms. The molecule has 0 fully saturated rings. The van der Waals surface area contributed by atoms with Gasteiger partial charge in [-0.3, -0.25) is 4.79 Å². The first-order valence-corrected chi connectivity index (χ1v) is 7.69. The molecule has 0 radical (unpaired) electrons. The van der Waals surface area contributed by atoms with Gasteiger partial charge in [0.1, 0.15) is 18.1 Å². The van der Waals surface area contributed by atoms with Crippen molar-refractivity contribution in [2.75, 3.05) is 13.2 Å². The molecule has 0 aliphatic rings. The normalized spacial score (nSPS) is 10.7. The average molecular weight is 308 g/mol. The van der Waals surface area contributed by atoms with Crippen LogP contribution < -0.4 is 10.1 Å². The Balaban J connectivity index is 1.59. The van der Waals surface area contributed by atoms with Gasteiger partial charge in [0.05, 0.1) is 6.54 Å². The number of para-hydroxylation sites is 1. The molecule has 1 aromatic heterocycles. The van der Waals surface area contributed by atoms with Gasteiger partial charge in [-0.25, -0.2) is 0 Å². The van der Waals surface area contributed by atoms with Crippen molar-refractivity contribution in [2.45, 2.75) is 13.8 Å². The van der Waals surface area contributed by atoms with Crippen LogP contribution >= 0.6 is 0 Å². The minimum atomic E-state index is -0.116. The van der Waals surface area contributed by atoms with Crippen LogP contribution in [0.15, 0.2) is 48.5 Å². The van der Waals surface area contributed by atoms with E-state index < -0.39 is 0 Å². The molecule has 0 aliphatic heterocycles. The second-order valence-corrected chi connectivity index (χ2v) is 5.64. The second-order valence-electron chi connectivity index (χ2n) is 5.64. The molecule has 0 atom stereocenters. The lowest BCUT2D eigenvalue weighted by Gasteiger charge is -2.06. The first-order chi connectivity index (χ1) is 11.1. The van der Waals surface area contributed by atoms with Gasteiger partial charge in [-0.2, -0.15) is 0 Å². The minimum Gasteiger partial charge on any atom is -0.492 e. The smallest absolute Gasteiger partial charge is 0.267 e. The number of aryl methyl sites for hydroxylation is 2. The summed E-state index contributed by atoms with van der Waals surface area (Å²) in [7, 11) is 0. The molecule has 0 saturated heterocycles. The number of rotatable bonds is 5. The van der Waals surface area contributed by atoms with Crippen LogP contribution in [0.25, 0.3) is 10.9 Å². The van der Waals surface area contributed by atoms with Gasteiger partial charge in [0, 0.05) is 10.9 Å². The van der Waals surface area contributed by atoms with Crippen LogP contribution in [-0.2, 0) is 0 Å². The number of nitrogens with one attached hydrogen (secondary N) is 2. The van der Waals surface area contributed by atoms with E-state index in [1.807, 2.05) is 43.3 Å². The van der Waals surface area contributed by atoms with Crippen molar-refractivity contribution in [1.82, 2.24) is 10.3 Å². The van der Waals surface area contributed by atoms with Gasteiger partial charge >= 0.3 is 0 Å². The van der Waals surface area contributed by atoms with Crippen LogP contribution in [-0.4, -0.2) is 24.0 Å². The van der Waals surface area contributed by atoms with E-state index in [4.69, 9.17) is 4.74 Å². The molecule has 2 N–H and O–H groups in total. The average Bonchev–Trinajstić information content (AvgIpc) is 2.97. The number of hydrogen-bond donors (Lipinski definition) is 2. The Morgan fingerprint density at radius 1 is 1.13 bits per heavy atom. The minimum absolute atomic E-state index is 0.116. The number of carbonyl (C=O) groups is 1. The molecule has 3 rings (SSSR count). The number of benzene rings is 2. The second kappa shape index (κ2) is 6.57. The molecule has 0 spiro atoms. The number of aromatic amines is 1. The lowest BCUT2D eigenvalue weighted by molar-refractivity contribution is 0.0943. The Labute approximate surface area is 135 Å². The Morgan fingerprint density at radius 2 is 1.91 bits per heavy atom. The number of aromatic nitrogens is 1. The third kappa shape index (κ3) is 3.54. The number of fused-ring (bicyclic) bond motifs is 1. The summed E-state index contributed by atoms with van der Waals surface area (Å²) in [6.07, 6.45) is 0. The Bertz CT molecular complexity index is 822. The first kappa shape index (κ1) is 15.2. The maximum atomic E-state index is 12.2. The molecule has 3 aromatic rings. The zero-order valence-electron chi connectivity index (χ0n) is 13.3. The largest absolute Gasteiger partial charge is 0.492 e. The van der Waals surface area contributed by atoms with Crippen molar-refractivity contribution in [3.05, 3.63) is 65.4 Å². The van der Waals surface area contributed by atoms with Crippen molar-refractivity contribution in [3.63, 3.8) is 0 Å². The lowest BCUT2D eigenvalue weighted by atomic mass is 10.1. The van der Waals surface area contributed by atoms with Crippen molar-refractivity contribution in [2.24, 2.45) is 0 Å². The fourth-order valence-electron chi connectivity index (χ4n) is 2.67. The number of H-pyrrole nitrogens is 1. The van der Waals surface area contributed by atoms with Crippen LogP contribution in [0, 0.1) is 13.8 Å². The first-order valence-electron chi connectivity index (χ1n) is 7.69. The predicted molar refractivity (Wildman–Crippen MR) is 92.0 cm³/mol. The summed E-state index contributed by atoms with van der Waals surface area (Å²) in [5.74, 6) is 0.688. The van der Waals surface area contributed by atoms with E-state index >= 15 is 0 Å². The zero-order chi connectivity index (χ0) is 16.2. The van der Waals surface area contributed by atoms with Gasteiger partial charge in [-0.1, -0.05) is 24.3 Å². The van der Waals surface area contributed by atoms with Crippen LogP contribution in [0.3, 0.4) is 0 Å². The summed E-state index contributed by atoms with van der Waals surface area (Å²) in [6.45, 7) is 5.00. The number of ether oxygens (including phenoxy) is 1. The van der Waals surface area contributed by atoms with Gasteiger partial charge < -0.3 is 15.0 Å². The van der Waals surface area contributed by atoms with Gasteiger partial charge in [-0.05, 0) is 49.2 Å². The topological polar surface area (TPSA) is 54.1 Å². The van der Waals surface area contributed by atoms with Gasteiger partial charge in [-0.15, -0.1) is 0 Å². The number of carbonyl (C=O) groups excluding carboxylic acids is 1. The van der Waals surface area contributed by atoms with E-state index in [9.17, 15) is 4.79 Å². The van der Waals surface area contributed by atoms with Crippen molar-refractivity contribution in [3.8, 4) is 5.75 Å². The summed E-state index contributed by atoms with van der Waals surface area (Å²) in [4.78, 5) is 15.4. The molecule has 4 nitrogen and oxygen atoms in total. The highest BCUT2D eigenvalue weighted by Gasteiger charge is 2.10. The monoisotopic (exact) mass is 308 g/mol. The van der Waals surface area contributed by atoms with Crippen LogP contribution in [0.2, 0.25) is 0 Å². The van der Waals surface area contributed by atoms with E-state index in [1.165, 1.54) is 11.1 Å². The van der Waals surface area contributed by atoms with E-state index in [0.29, 0.717) is 18.8 Å². The summed E-state index contributed by atoms with van der Waals surface area (Å²) in [5.41, 5.74) is 3.92. The maximum absolute atomic E-state index is 12.2. The van der Waals surface area contributed by atoms with Gasteiger partial charge in [0.2, 0.25) is 0 Å². The third-order valence-electron chi connectivity index (χ3n) is 3.73. The molecular weight excluding hydrogens is 288 g/mol. The van der Waals surface area contributed by atoms with Crippen LogP contribution in [0.5, 0.6) is 5.75 Å². The maximum Gasteiger partial charge on any atom is 0.267 e. The quantitative estimate of drug-likeness (QED) is 0.708. The van der Waals surface area contributed by atoms with Crippen LogP contribution in [0.4, 0.5) is 0 Å². The number of hydrogen-bond acceptors (Lipinski definition) is 2. The third-order valence-corrected chi connectivity index (χ3v) is 3.73. The van der Waals surface area contributed by atoms with Gasteiger partial charge in [0.15, 0.2) is 0 Å².